The van der Waals surface area contributed by atoms with E-state index in [1.54, 1.807) is 0 Å². The summed E-state index contributed by atoms with van der Waals surface area (Å²) in [7, 11) is 0. The van der Waals surface area contributed by atoms with Gasteiger partial charge in [0, 0.05) is 19.2 Å². The second kappa shape index (κ2) is 6.35. The molecule has 1 N–H and O–H groups in total. The fourth-order valence-corrected chi connectivity index (χ4v) is 3.08. The largest absolute Gasteiger partial charge is 0.485 e. The van der Waals surface area contributed by atoms with Crippen LogP contribution >= 0.6 is 0 Å². The van der Waals surface area contributed by atoms with Gasteiger partial charge in [-0.3, -0.25) is 4.79 Å². The second-order valence-corrected chi connectivity index (χ2v) is 5.56. The van der Waals surface area contributed by atoms with Crippen molar-refractivity contribution in [1.29, 1.82) is 0 Å². The number of rotatable bonds is 4. The zero-order valence-corrected chi connectivity index (χ0v) is 12.0. The Bertz CT molecular complexity index is 505. The molecule has 0 bridgehead atoms. The molecule has 0 aliphatic carbocycles. The summed E-state index contributed by atoms with van der Waals surface area (Å²) in [6.07, 6.45) is 3.06. The highest BCUT2D eigenvalue weighted by atomic mass is 16.6. The molecule has 114 valence electrons. The number of aliphatic hydroxyl groups excluding tert-OH is 1. The molecule has 1 amide bonds. The van der Waals surface area contributed by atoms with E-state index >= 15 is 0 Å². The summed E-state index contributed by atoms with van der Waals surface area (Å²) in [4.78, 5) is 14.5. The number of nitrogens with zero attached hydrogens (tertiary/aromatic N) is 1. The Hall–Kier alpha value is -1.75. The lowest BCUT2D eigenvalue weighted by Gasteiger charge is -2.31. The van der Waals surface area contributed by atoms with Crippen molar-refractivity contribution >= 4 is 5.91 Å². The van der Waals surface area contributed by atoms with E-state index in [1.807, 2.05) is 29.2 Å². The molecular formula is C16H21NO4. The number of amides is 1. The Kier molecular flexibility index (Phi) is 4.29. The fourth-order valence-electron chi connectivity index (χ4n) is 3.08. The van der Waals surface area contributed by atoms with Gasteiger partial charge in [-0.05, 0) is 37.8 Å². The van der Waals surface area contributed by atoms with Gasteiger partial charge in [-0.15, -0.1) is 0 Å². The third-order valence-corrected chi connectivity index (χ3v) is 4.14. The summed E-state index contributed by atoms with van der Waals surface area (Å²) in [5, 5.41) is 8.96. The van der Waals surface area contributed by atoms with Gasteiger partial charge in [0.05, 0.1) is 0 Å². The maximum Gasteiger partial charge on any atom is 0.267 e. The van der Waals surface area contributed by atoms with Crippen LogP contribution < -0.4 is 9.47 Å². The summed E-state index contributed by atoms with van der Waals surface area (Å²) in [5.41, 5.74) is 0. The summed E-state index contributed by atoms with van der Waals surface area (Å²) in [6.45, 7) is 1.21. The van der Waals surface area contributed by atoms with Crippen molar-refractivity contribution in [3.63, 3.8) is 0 Å². The number of fused-ring (bicyclic) bond motifs is 1. The number of aliphatic hydroxyl groups is 1. The first kappa shape index (κ1) is 14.2. The maximum atomic E-state index is 12.6. The third kappa shape index (κ3) is 2.97. The van der Waals surface area contributed by atoms with Crippen LogP contribution in [0, 0.1) is 0 Å². The van der Waals surface area contributed by atoms with Crippen LogP contribution in [-0.2, 0) is 4.79 Å². The SMILES string of the molecule is O=C(C1COc2ccccc2O1)N1CCCC1CCCO. The van der Waals surface area contributed by atoms with Gasteiger partial charge < -0.3 is 19.5 Å². The van der Waals surface area contributed by atoms with Crippen molar-refractivity contribution in [2.24, 2.45) is 0 Å². The Morgan fingerprint density at radius 3 is 2.95 bits per heavy atom. The third-order valence-electron chi connectivity index (χ3n) is 4.14. The van der Waals surface area contributed by atoms with Gasteiger partial charge in [-0.2, -0.15) is 0 Å². The highest BCUT2D eigenvalue weighted by Gasteiger charge is 2.36. The van der Waals surface area contributed by atoms with E-state index in [1.165, 1.54) is 0 Å². The summed E-state index contributed by atoms with van der Waals surface area (Å²) in [6, 6.07) is 7.65. The topological polar surface area (TPSA) is 59.0 Å². The summed E-state index contributed by atoms with van der Waals surface area (Å²) in [5.74, 6) is 1.33. The molecule has 21 heavy (non-hydrogen) atoms. The predicted molar refractivity (Wildman–Crippen MR) is 77.4 cm³/mol. The molecule has 2 heterocycles. The fraction of sp³-hybridized carbons (Fsp3) is 0.562. The summed E-state index contributed by atoms with van der Waals surface area (Å²) >= 11 is 0. The summed E-state index contributed by atoms with van der Waals surface area (Å²) < 4.78 is 11.4. The van der Waals surface area contributed by atoms with Crippen molar-refractivity contribution in [3.8, 4) is 11.5 Å². The Morgan fingerprint density at radius 2 is 2.14 bits per heavy atom. The number of likely N-dealkylation sites (tertiary alicyclic amines) is 1. The molecule has 2 unspecified atom stereocenters. The van der Waals surface area contributed by atoms with E-state index in [0.29, 0.717) is 11.5 Å². The molecule has 1 saturated heterocycles. The molecule has 5 nitrogen and oxygen atoms in total. The van der Waals surface area contributed by atoms with Crippen LogP contribution in [0.3, 0.4) is 0 Å². The minimum absolute atomic E-state index is 0.00458. The molecule has 1 aromatic rings. The monoisotopic (exact) mass is 291 g/mol. The van der Waals surface area contributed by atoms with Crippen LogP contribution in [0.2, 0.25) is 0 Å². The Morgan fingerprint density at radius 1 is 1.33 bits per heavy atom. The van der Waals surface area contributed by atoms with Crippen LogP contribution in [0.15, 0.2) is 24.3 Å². The lowest BCUT2D eigenvalue weighted by molar-refractivity contribution is -0.142. The van der Waals surface area contributed by atoms with Gasteiger partial charge in [-0.1, -0.05) is 12.1 Å². The smallest absolute Gasteiger partial charge is 0.267 e. The van der Waals surface area contributed by atoms with E-state index < -0.39 is 6.10 Å². The van der Waals surface area contributed by atoms with Crippen molar-refractivity contribution in [2.45, 2.75) is 37.8 Å². The molecule has 1 aromatic carbocycles. The molecule has 5 heteroatoms. The number of ether oxygens (including phenoxy) is 2. The molecule has 2 atom stereocenters. The van der Waals surface area contributed by atoms with Crippen LogP contribution in [0.25, 0.3) is 0 Å². The van der Waals surface area contributed by atoms with Crippen LogP contribution in [0.5, 0.6) is 11.5 Å². The number of benzene rings is 1. The number of para-hydroxylation sites is 2. The number of carbonyl (C=O) groups is 1. The molecule has 0 spiro atoms. The predicted octanol–water partition coefficient (Wildman–Crippen LogP) is 1.59. The highest BCUT2D eigenvalue weighted by Crippen LogP contribution is 2.32. The van der Waals surface area contributed by atoms with E-state index in [-0.39, 0.29) is 25.2 Å². The average molecular weight is 291 g/mol. The molecule has 3 rings (SSSR count). The lowest BCUT2D eigenvalue weighted by atomic mass is 10.1. The van der Waals surface area contributed by atoms with Gasteiger partial charge in [-0.25, -0.2) is 0 Å². The van der Waals surface area contributed by atoms with E-state index in [2.05, 4.69) is 0 Å². The Labute approximate surface area is 124 Å². The number of hydrogen-bond donors (Lipinski definition) is 1. The van der Waals surface area contributed by atoms with E-state index in [4.69, 9.17) is 14.6 Å². The molecular weight excluding hydrogens is 270 g/mol. The highest BCUT2D eigenvalue weighted by molar-refractivity contribution is 5.82. The minimum atomic E-state index is -0.561. The molecule has 0 saturated carbocycles. The standard InChI is InChI=1S/C16H21NO4/c18-10-4-6-12-5-3-9-17(12)16(19)15-11-20-13-7-1-2-8-14(13)21-15/h1-2,7-8,12,15,18H,3-6,9-11H2. The van der Waals surface area contributed by atoms with Crippen molar-refractivity contribution in [1.82, 2.24) is 4.90 Å². The van der Waals surface area contributed by atoms with Gasteiger partial charge in [0.25, 0.3) is 5.91 Å². The Balaban J connectivity index is 1.66. The first-order valence-electron chi connectivity index (χ1n) is 7.59. The van der Waals surface area contributed by atoms with E-state index in [0.717, 1.165) is 32.2 Å². The normalized spacial score (nSPS) is 24.1. The zero-order valence-electron chi connectivity index (χ0n) is 12.0. The number of carbonyl (C=O) groups excluding carboxylic acids is 1. The molecule has 0 aromatic heterocycles. The molecule has 0 radical (unpaired) electrons. The van der Waals surface area contributed by atoms with Gasteiger partial charge in [0.15, 0.2) is 11.5 Å². The second-order valence-electron chi connectivity index (χ2n) is 5.56. The van der Waals surface area contributed by atoms with Crippen LogP contribution in [0.1, 0.15) is 25.7 Å². The minimum Gasteiger partial charge on any atom is -0.485 e. The number of hydrogen-bond acceptors (Lipinski definition) is 4. The van der Waals surface area contributed by atoms with Crippen molar-refractivity contribution in [3.05, 3.63) is 24.3 Å². The van der Waals surface area contributed by atoms with Gasteiger partial charge in [0.1, 0.15) is 6.61 Å². The molecule has 2 aliphatic heterocycles. The quantitative estimate of drug-likeness (QED) is 0.915. The molecule has 1 fully saturated rings. The first-order chi connectivity index (χ1) is 10.3. The van der Waals surface area contributed by atoms with Gasteiger partial charge in [0.2, 0.25) is 6.10 Å². The first-order valence-corrected chi connectivity index (χ1v) is 7.59. The van der Waals surface area contributed by atoms with Gasteiger partial charge >= 0.3 is 0 Å². The zero-order chi connectivity index (χ0) is 14.7. The van der Waals surface area contributed by atoms with Crippen LogP contribution in [-0.4, -0.2) is 47.8 Å². The van der Waals surface area contributed by atoms with E-state index in [9.17, 15) is 4.79 Å². The van der Waals surface area contributed by atoms with Crippen LogP contribution in [0.4, 0.5) is 0 Å². The molecule has 2 aliphatic rings. The van der Waals surface area contributed by atoms with Crippen molar-refractivity contribution < 1.29 is 19.4 Å². The maximum absolute atomic E-state index is 12.6. The van der Waals surface area contributed by atoms with Crippen molar-refractivity contribution in [2.75, 3.05) is 19.8 Å². The average Bonchev–Trinajstić information content (AvgIpc) is 3.00. The lowest BCUT2D eigenvalue weighted by Crippen LogP contribution is -2.48.